The Morgan fingerprint density at radius 2 is 1.60 bits per heavy atom. The molecule has 3 heteroatoms. The average Bonchev–Trinajstić information content (AvgIpc) is 2.69. The van der Waals surface area contributed by atoms with Gasteiger partial charge in [0.1, 0.15) is 0 Å². The van der Waals surface area contributed by atoms with Crippen molar-refractivity contribution in [1.29, 1.82) is 0 Å². The Balaban J connectivity index is 1.98. The standard InChI is InChI=1S/C12H20N2O/c1-10-13-12(15-14-10)11-8-6-4-2-3-5-7-9-11/h11H,2-9H2,1H3. The molecule has 0 aromatic carbocycles. The molecular weight excluding hydrogens is 188 g/mol. The van der Waals surface area contributed by atoms with Crippen LogP contribution in [-0.2, 0) is 0 Å². The first-order valence-corrected chi connectivity index (χ1v) is 6.16. The van der Waals surface area contributed by atoms with Gasteiger partial charge in [-0.05, 0) is 19.8 Å². The fourth-order valence-corrected chi connectivity index (χ4v) is 2.36. The second kappa shape index (κ2) is 5.29. The second-order valence-corrected chi connectivity index (χ2v) is 4.58. The highest BCUT2D eigenvalue weighted by molar-refractivity contribution is 4.92. The van der Waals surface area contributed by atoms with Crippen LogP contribution < -0.4 is 0 Å². The Hall–Kier alpha value is -0.860. The molecule has 0 atom stereocenters. The smallest absolute Gasteiger partial charge is 0.229 e. The predicted octanol–water partition coefficient (Wildman–Crippen LogP) is 3.60. The number of aromatic nitrogens is 2. The van der Waals surface area contributed by atoms with Crippen molar-refractivity contribution in [2.24, 2.45) is 0 Å². The van der Waals surface area contributed by atoms with Crippen molar-refractivity contribution in [1.82, 2.24) is 10.1 Å². The van der Waals surface area contributed by atoms with Gasteiger partial charge in [-0.25, -0.2) is 0 Å². The summed E-state index contributed by atoms with van der Waals surface area (Å²) in [5.41, 5.74) is 0. The van der Waals surface area contributed by atoms with E-state index in [1.807, 2.05) is 6.92 Å². The SMILES string of the molecule is Cc1noc(C2CCCCCCCC2)n1. The van der Waals surface area contributed by atoms with Crippen molar-refractivity contribution in [2.45, 2.75) is 64.2 Å². The van der Waals surface area contributed by atoms with E-state index in [-0.39, 0.29) is 0 Å². The van der Waals surface area contributed by atoms with E-state index in [1.54, 1.807) is 0 Å². The van der Waals surface area contributed by atoms with Crippen LogP contribution in [-0.4, -0.2) is 10.1 Å². The first-order chi connectivity index (χ1) is 7.36. The van der Waals surface area contributed by atoms with Gasteiger partial charge in [-0.2, -0.15) is 4.98 Å². The zero-order valence-corrected chi connectivity index (χ0v) is 9.54. The van der Waals surface area contributed by atoms with E-state index < -0.39 is 0 Å². The Labute approximate surface area is 91.3 Å². The number of nitrogens with zero attached hydrogens (tertiary/aromatic N) is 2. The van der Waals surface area contributed by atoms with Crippen LogP contribution in [0.3, 0.4) is 0 Å². The van der Waals surface area contributed by atoms with Gasteiger partial charge in [0.05, 0.1) is 0 Å². The lowest BCUT2D eigenvalue weighted by Crippen LogP contribution is -1.99. The average molecular weight is 208 g/mol. The fourth-order valence-electron chi connectivity index (χ4n) is 2.36. The van der Waals surface area contributed by atoms with E-state index >= 15 is 0 Å². The summed E-state index contributed by atoms with van der Waals surface area (Å²) in [4.78, 5) is 4.36. The Morgan fingerprint density at radius 1 is 1.00 bits per heavy atom. The zero-order chi connectivity index (χ0) is 10.5. The maximum atomic E-state index is 5.28. The molecule has 1 aromatic rings. The maximum absolute atomic E-state index is 5.28. The lowest BCUT2D eigenvalue weighted by atomic mass is 9.97. The van der Waals surface area contributed by atoms with Crippen molar-refractivity contribution in [3.63, 3.8) is 0 Å². The molecule has 0 amide bonds. The summed E-state index contributed by atoms with van der Waals surface area (Å²) in [6.07, 6.45) is 10.6. The van der Waals surface area contributed by atoms with E-state index in [1.165, 1.54) is 51.4 Å². The molecule has 0 N–H and O–H groups in total. The Bertz CT molecular complexity index is 286. The van der Waals surface area contributed by atoms with E-state index in [2.05, 4.69) is 10.1 Å². The zero-order valence-electron chi connectivity index (χ0n) is 9.54. The summed E-state index contributed by atoms with van der Waals surface area (Å²) in [6.45, 7) is 1.89. The van der Waals surface area contributed by atoms with Crippen LogP contribution in [0.2, 0.25) is 0 Å². The molecule has 1 saturated carbocycles. The van der Waals surface area contributed by atoms with Gasteiger partial charge in [-0.3, -0.25) is 0 Å². The third-order valence-corrected chi connectivity index (χ3v) is 3.25. The lowest BCUT2D eigenvalue weighted by molar-refractivity contribution is 0.332. The van der Waals surface area contributed by atoms with Gasteiger partial charge >= 0.3 is 0 Å². The fraction of sp³-hybridized carbons (Fsp3) is 0.833. The minimum Gasteiger partial charge on any atom is -0.339 e. The van der Waals surface area contributed by atoms with Gasteiger partial charge in [-0.1, -0.05) is 43.7 Å². The lowest BCUT2D eigenvalue weighted by Gasteiger charge is -2.10. The molecule has 0 unspecified atom stereocenters. The van der Waals surface area contributed by atoms with E-state index in [0.29, 0.717) is 5.92 Å². The molecule has 3 nitrogen and oxygen atoms in total. The minimum atomic E-state index is 0.518. The molecule has 0 spiro atoms. The number of hydrogen-bond donors (Lipinski definition) is 0. The molecule has 1 heterocycles. The summed E-state index contributed by atoms with van der Waals surface area (Å²) < 4.78 is 5.28. The van der Waals surface area contributed by atoms with Gasteiger partial charge < -0.3 is 4.52 Å². The monoisotopic (exact) mass is 208 g/mol. The van der Waals surface area contributed by atoms with Crippen LogP contribution in [0.5, 0.6) is 0 Å². The summed E-state index contributed by atoms with van der Waals surface area (Å²) in [5.74, 6) is 2.16. The Morgan fingerprint density at radius 3 is 2.13 bits per heavy atom. The quantitative estimate of drug-likeness (QED) is 0.707. The second-order valence-electron chi connectivity index (χ2n) is 4.58. The first kappa shape index (κ1) is 10.7. The summed E-state index contributed by atoms with van der Waals surface area (Å²) in [7, 11) is 0. The largest absolute Gasteiger partial charge is 0.339 e. The topological polar surface area (TPSA) is 38.9 Å². The normalized spacial score (nSPS) is 20.6. The molecule has 0 saturated heterocycles. The van der Waals surface area contributed by atoms with Crippen molar-refractivity contribution >= 4 is 0 Å². The number of rotatable bonds is 1. The molecule has 1 aliphatic rings. The highest BCUT2D eigenvalue weighted by Crippen LogP contribution is 2.29. The third kappa shape index (κ3) is 3.05. The molecule has 0 radical (unpaired) electrons. The van der Waals surface area contributed by atoms with Crippen LogP contribution in [0.1, 0.15) is 69.0 Å². The van der Waals surface area contributed by atoms with Crippen molar-refractivity contribution < 1.29 is 4.52 Å². The summed E-state index contributed by atoms with van der Waals surface area (Å²) in [5, 5.41) is 3.88. The van der Waals surface area contributed by atoms with Gasteiger partial charge in [0.15, 0.2) is 5.82 Å². The summed E-state index contributed by atoms with van der Waals surface area (Å²) >= 11 is 0. The minimum absolute atomic E-state index is 0.518. The summed E-state index contributed by atoms with van der Waals surface area (Å²) in [6, 6.07) is 0. The molecule has 0 bridgehead atoms. The van der Waals surface area contributed by atoms with Crippen molar-refractivity contribution in [3.05, 3.63) is 11.7 Å². The van der Waals surface area contributed by atoms with E-state index in [0.717, 1.165) is 11.7 Å². The number of hydrogen-bond acceptors (Lipinski definition) is 3. The molecule has 1 aromatic heterocycles. The van der Waals surface area contributed by atoms with Gasteiger partial charge in [-0.15, -0.1) is 0 Å². The molecule has 15 heavy (non-hydrogen) atoms. The third-order valence-electron chi connectivity index (χ3n) is 3.25. The highest BCUT2D eigenvalue weighted by Gasteiger charge is 2.18. The van der Waals surface area contributed by atoms with Crippen LogP contribution in [0.4, 0.5) is 0 Å². The molecular formula is C12H20N2O. The van der Waals surface area contributed by atoms with Crippen molar-refractivity contribution in [3.8, 4) is 0 Å². The van der Waals surface area contributed by atoms with Crippen LogP contribution >= 0.6 is 0 Å². The molecule has 1 fully saturated rings. The maximum Gasteiger partial charge on any atom is 0.229 e. The van der Waals surface area contributed by atoms with Gasteiger partial charge in [0, 0.05) is 5.92 Å². The number of aryl methyl sites for hydroxylation is 1. The molecule has 0 aliphatic heterocycles. The molecule has 2 rings (SSSR count). The van der Waals surface area contributed by atoms with E-state index in [9.17, 15) is 0 Å². The van der Waals surface area contributed by atoms with Gasteiger partial charge in [0.25, 0.3) is 0 Å². The first-order valence-electron chi connectivity index (χ1n) is 6.16. The highest BCUT2D eigenvalue weighted by atomic mass is 16.5. The van der Waals surface area contributed by atoms with Crippen LogP contribution in [0, 0.1) is 6.92 Å². The van der Waals surface area contributed by atoms with Crippen LogP contribution in [0.25, 0.3) is 0 Å². The van der Waals surface area contributed by atoms with Gasteiger partial charge in [0.2, 0.25) is 5.89 Å². The molecule has 84 valence electrons. The Kier molecular flexibility index (Phi) is 3.75. The van der Waals surface area contributed by atoms with Crippen LogP contribution in [0.15, 0.2) is 4.52 Å². The predicted molar refractivity (Wildman–Crippen MR) is 58.7 cm³/mol. The molecule has 1 aliphatic carbocycles. The van der Waals surface area contributed by atoms with E-state index in [4.69, 9.17) is 4.52 Å². The van der Waals surface area contributed by atoms with Crippen molar-refractivity contribution in [2.75, 3.05) is 0 Å².